The van der Waals surface area contributed by atoms with Crippen molar-refractivity contribution in [3.05, 3.63) is 0 Å². The molecule has 0 aliphatic carbocycles. The molecule has 16 heavy (non-hydrogen) atoms. The molecule has 1 heterocycles. The normalized spacial score (nSPS) is 21.4. The first-order valence-electron chi connectivity index (χ1n) is 6.27. The predicted molar refractivity (Wildman–Crippen MR) is 62.4 cm³/mol. The van der Waals surface area contributed by atoms with Crippen molar-refractivity contribution < 1.29 is 15.0 Å². The minimum atomic E-state index is -0.691. The molecule has 4 nitrogen and oxygen atoms in total. The average molecular weight is 229 g/mol. The van der Waals surface area contributed by atoms with Gasteiger partial charge in [-0.3, -0.25) is 4.79 Å². The molecule has 1 unspecified atom stereocenters. The summed E-state index contributed by atoms with van der Waals surface area (Å²) in [5.74, 6) is -0.0202. The average Bonchev–Trinajstić information content (AvgIpc) is 2.65. The number of likely N-dealkylation sites (tertiary alicyclic amines) is 1. The highest BCUT2D eigenvalue weighted by Crippen LogP contribution is 2.19. The van der Waals surface area contributed by atoms with E-state index in [0.717, 1.165) is 45.3 Å². The maximum atomic E-state index is 10.3. The van der Waals surface area contributed by atoms with E-state index in [0.29, 0.717) is 18.9 Å². The number of carbonyl (C=O) groups is 1. The van der Waals surface area contributed by atoms with E-state index in [-0.39, 0.29) is 0 Å². The Labute approximate surface area is 97.3 Å². The molecular formula is C12H23NO3. The molecule has 0 aromatic carbocycles. The van der Waals surface area contributed by atoms with E-state index in [4.69, 9.17) is 10.2 Å². The van der Waals surface area contributed by atoms with Gasteiger partial charge in [-0.1, -0.05) is 6.42 Å². The lowest BCUT2D eigenvalue weighted by Gasteiger charge is -2.15. The molecule has 0 spiro atoms. The van der Waals surface area contributed by atoms with Crippen molar-refractivity contribution in [2.45, 2.75) is 38.5 Å². The largest absolute Gasteiger partial charge is 0.481 e. The number of hydrogen-bond acceptors (Lipinski definition) is 3. The number of aliphatic carboxylic acids is 1. The van der Waals surface area contributed by atoms with E-state index < -0.39 is 5.97 Å². The smallest absolute Gasteiger partial charge is 0.303 e. The van der Waals surface area contributed by atoms with Crippen LogP contribution in [0.5, 0.6) is 0 Å². The summed E-state index contributed by atoms with van der Waals surface area (Å²) in [6, 6.07) is 0. The number of unbranched alkanes of at least 4 members (excludes halogenated alkanes) is 2. The van der Waals surface area contributed by atoms with Crippen LogP contribution in [-0.4, -0.2) is 47.3 Å². The van der Waals surface area contributed by atoms with Crippen molar-refractivity contribution in [3.8, 4) is 0 Å². The van der Waals surface area contributed by atoms with Gasteiger partial charge in [-0.25, -0.2) is 0 Å². The van der Waals surface area contributed by atoms with Crippen LogP contribution in [0.3, 0.4) is 0 Å². The van der Waals surface area contributed by atoms with Gasteiger partial charge in [0.15, 0.2) is 0 Å². The third-order valence-electron chi connectivity index (χ3n) is 3.27. The van der Waals surface area contributed by atoms with Gasteiger partial charge in [-0.15, -0.1) is 0 Å². The van der Waals surface area contributed by atoms with E-state index in [9.17, 15) is 4.79 Å². The fraction of sp³-hybridized carbons (Fsp3) is 0.917. The van der Waals surface area contributed by atoms with Gasteiger partial charge >= 0.3 is 5.97 Å². The Morgan fingerprint density at radius 2 is 2.12 bits per heavy atom. The summed E-state index contributed by atoms with van der Waals surface area (Å²) in [6.07, 6.45) is 5.33. The lowest BCUT2D eigenvalue weighted by Crippen LogP contribution is -2.22. The van der Waals surface area contributed by atoms with E-state index in [1.165, 1.54) is 6.42 Å². The van der Waals surface area contributed by atoms with Crippen molar-refractivity contribution in [1.29, 1.82) is 0 Å². The maximum Gasteiger partial charge on any atom is 0.303 e. The SMILES string of the molecule is O=C(O)CCCCCN1CCC(CCO)C1. The van der Waals surface area contributed by atoms with Crippen molar-refractivity contribution in [2.24, 2.45) is 5.92 Å². The van der Waals surface area contributed by atoms with Gasteiger partial charge < -0.3 is 15.1 Å². The quantitative estimate of drug-likeness (QED) is 0.617. The van der Waals surface area contributed by atoms with Crippen molar-refractivity contribution in [3.63, 3.8) is 0 Å². The third kappa shape index (κ3) is 5.47. The summed E-state index contributed by atoms with van der Waals surface area (Å²) < 4.78 is 0. The molecule has 94 valence electrons. The van der Waals surface area contributed by atoms with Gasteiger partial charge in [0.1, 0.15) is 0 Å². The van der Waals surface area contributed by atoms with Crippen LogP contribution in [0, 0.1) is 5.92 Å². The van der Waals surface area contributed by atoms with Crippen LogP contribution < -0.4 is 0 Å². The number of aliphatic hydroxyl groups is 1. The lowest BCUT2D eigenvalue weighted by molar-refractivity contribution is -0.137. The molecule has 0 saturated carbocycles. The predicted octanol–water partition coefficient (Wildman–Crippen LogP) is 1.34. The van der Waals surface area contributed by atoms with Crippen LogP contribution in [0.1, 0.15) is 38.5 Å². The number of rotatable bonds is 8. The zero-order chi connectivity index (χ0) is 11.8. The van der Waals surface area contributed by atoms with Crippen LogP contribution in [0.2, 0.25) is 0 Å². The molecule has 1 aliphatic heterocycles. The lowest BCUT2D eigenvalue weighted by atomic mass is 10.1. The summed E-state index contributed by atoms with van der Waals surface area (Å²) in [7, 11) is 0. The van der Waals surface area contributed by atoms with E-state index in [1.807, 2.05) is 0 Å². The molecule has 0 aromatic heterocycles. The van der Waals surface area contributed by atoms with Crippen LogP contribution in [0.25, 0.3) is 0 Å². The zero-order valence-electron chi connectivity index (χ0n) is 9.90. The van der Waals surface area contributed by atoms with Gasteiger partial charge in [-0.2, -0.15) is 0 Å². The topological polar surface area (TPSA) is 60.8 Å². The van der Waals surface area contributed by atoms with Crippen LogP contribution in [0.15, 0.2) is 0 Å². The fourth-order valence-electron chi connectivity index (χ4n) is 2.32. The fourth-order valence-corrected chi connectivity index (χ4v) is 2.32. The minimum absolute atomic E-state index is 0.299. The Bertz CT molecular complexity index is 208. The van der Waals surface area contributed by atoms with Gasteiger partial charge in [-0.05, 0) is 44.7 Å². The van der Waals surface area contributed by atoms with Crippen molar-refractivity contribution in [1.82, 2.24) is 4.90 Å². The first-order chi connectivity index (χ1) is 7.72. The Kier molecular flexibility index (Phi) is 6.42. The second kappa shape index (κ2) is 7.63. The molecule has 0 amide bonds. The molecule has 0 radical (unpaired) electrons. The highest BCUT2D eigenvalue weighted by molar-refractivity contribution is 5.66. The number of nitrogens with zero attached hydrogens (tertiary/aromatic N) is 1. The summed E-state index contributed by atoms with van der Waals surface area (Å²) in [5, 5.41) is 17.3. The molecule has 1 saturated heterocycles. The minimum Gasteiger partial charge on any atom is -0.481 e. The molecule has 1 fully saturated rings. The van der Waals surface area contributed by atoms with Gasteiger partial charge in [0.2, 0.25) is 0 Å². The Balaban J connectivity index is 1.96. The Morgan fingerprint density at radius 1 is 1.31 bits per heavy atom. The number of carboxylic acid groups (broad SMARTS) is 1. The second-order valence-electron chi connectivity index (χ2n) is 4.67. The first kappa shape index (κ1) is 13.5. The van der Waals surface area contributed by atoms with Gasteiger partial charge in [0, 0.05) is 19.6 Å². The first-order valence-corrected chi connectivity index (χ1v) is 6.27. The third-order valence-corrected chi connectivity index (χ3v) is 3.27. The van der Waals surface area contributed by atoms with E-state index in [1.54, 1.807) is 0 Å². The summed E-state index contributed by atoms with van der Waals surface area (Å²) >= 11 is 0. The van der Waals surface area contributed by atoms with Gasteiger partial charge in [0.05, 0.1) is 0 Å². The molecule has 1 atom stereocenters. The van der Waals surface area contributed by atoms with Crippen molar-refractivity contribution in [2.75, 3.05) is 26.2 Å². The Morgan fingerprint density at radius 3 is 2.81 bits per heavy atom. The summed E-state index contributed by atoms with van der Waals surface area (Å²) in [5.41, 5.74) is 0. The molecule has 0 bridgehead atoms. The number of aliphatic hydroxyl groups excluding tert-OH is 1. The van der Waals surface area contributed by atoms with Gasteiger partial charge in [0.25, 0.3) is 0 Å². The molecule has 4 heteroatoms. The second-order valence-corrected chi connectivity index (χ2v) is 4.67. The van der Waals surface area contributed by atoms with Crippen LogP contribution in [0.4, 0.5) is 0 Å². The standard InChI is InChI=1S/C12H23NO3/c14-9-6-11-5-8-13(10-11)7-3-1-2-4-12(15)16/h11,14H,1-10H2,(H,15,16). The molecular weight excluding hydrogens is 206 g/mol. The molecule has 1 rings (SSSR count). The highest BCUT2D eigenvalue weighted by atomic mass is 16.4. The van der Waals surface area contributed by atoms with Crippen LogP contribution in [-0.2, 0) is 4.79 Å². The number of hydrogen-bond donors (Lipinski definition) is 2. The molecule has 0 aromatic rings. The molecule has 1 aliphatic rings. The highest BCUT2D eigenvalue weighted by Gasteiger charge is 2.20. The van der Waals surface area contributed by atoms with E-state index in [2.05, 4.69) is 4.90 Å². The van der Waals surface area contributed by atoms with Crippen molar-refractivity contribution >= 4 is 5.97 Å². The maximum absolute atomic E-state index is 10.3. The van der Waals surface area contributed by atoms with Crippen LogP contribution >= 0.6 is 0 Å². The number of carboxylic acids is 1. The Hall–Kier alpha value is -0.610. The summed E-state index contributed by atoms with van der Waals surface area (Å²) in [4.78, 5) is 12.7. The zero-order valence-corrected chi connectivity index (χ0v) is 9.90. The summed E-state index contributed by atoms with van der Waals surface area (Å²) in [6.45, 7) is 3.64. The monoisotopic (exact) mass is 229 g/mol. The molecule has 2 N–H and O–H groups in total. The van der Waals surface area contributed by atoms with E-state index >= 15 is 0 Å².